The summed E-state index contributed by atoms with van der Waals surface area (Å²) in [5, 5.41) is 3.03. The Morgan fingerprint density at radius 2 is 2.06 bits per heavy atom. The minimum atomic E-state index is 0.475. The summed E-state index contributed by atoms with van der Waals surface area (Å²) in [5.74, 6) is 0.914. The second kappa shape index (κ2) is 5.47. The van der Waals surface area contributed by atoms with Crippen LogP contribution < -0.4 is 5.32 Å². The van der Waals surface area contributed by atoms with E-state index in [4.69, 9.17) is 4.74 Å². The van der Waals surface area contributed by atoms with Crippen molar-refractivity contribution in [2.75, 3.05) is 25.6 Å². The minimum absolute atomic E-state index is 0.475. The maximum absolute atomic E-state index is 5.53. The van der Waals surface area contributed by atoms with Gasteiger partial charge in [-0.1, -0.05) is 6.07 Å². The van der Waals surface area contributed by atoms with Gasteiger partial charge in [0.15, 0.2) is 0 Å². The lowest BCUT2D eigenvalue weighted by Gasteiger charge is -2.38. The Labute approximate surface area is 103 Å². The molecule has 94 valence electrons. The van der Waals surface area contributed by atoms with E-state index in [1.54, 1.807) is 0 Å². The molecule has 1 fully saturated rings. The lowest BCUT2D eigenvalue weighted by Crippen LogP contribution is -2.48. The number of hydrogen-bond acceptors (Lipinski definition) is 4. The van der Waals surface area contributed by atoms with Gasteiger partial charge in [0, 0.05) is 31.9 Å². The molecule has 0 aromatic carbocycles. The average molecular weight is 235 g/mol. The number of rotatable bonds is 3. The second-order valence-corrected chi connectivity index (χ2v) is 4.71. The van der Waals surface area contributed by atoms with Crippen molar-refractivity contribution >= 4 is 5.82 Å². The van der Waals surface area contributed by atoms with Crippen molar-refractivity contribution in [1.29, 1.82) is 0 Å². The third-order valence-electron chi connectivity index (χ3n) is 3.30. The van der Waals surface area contributed by atoms with Crippen LogP contribution in [0.25, 0.3) is 0 Å². The predicted octanol–water partition coefficient (Wildman–Crippen LogP) is 1.73. The van der Waals surface area contributed by atoms with Crippen molar-refractivity contribution in [3.8, 4) is 0 Å². The van der Waals surface area contributed by atoms with Crippen LogP contribution in [0.1, 0.15) is 19.4 Å². The van der Waals surface area contributed by atoms with Crippen LogP contribution in [0.3, 0.4) is 0 Å². The number of anilines is 1. The van der Waals surface area contributed by atoms with Crippen LogP contribution in [0.15, 0.2) is 18.3 Å². The SMILES string of the molecule is CNc1ccc(CN2[C@@H](C)COC[C@@H]2C)cn1. The number of nitrogens with one attached hydrogen (secondary N) is 1. The number of hydrogen-bond donors (Lipinski definition) is 1. The molecule has 0 spiro atoms. The van der Waals surface area contributed by atoms with Crippen molar-refractivity contribution in [3.63, 3.8) is 0 Å². The number of ether oxygens (including phenoxy) is 1. The summed E-state index contributed by atoms with van der Waals surface area (Å²) >= 11 is 0. The maximum atomic E-state index is 5.53. The van der Waals surface area contributed by atoms with Gasteiger partial charge in [-0.3, -0.25) is 4.90 Å². The Morgan fingerprint density at radius 3 is 2.59 bits per heavy atom. The van der Waals surface area contributed by atoms with E-state index in [0.717, 1.165) is 25.6 Å². The molecule has 2 heterocycles. The van der Waals surface area contributed by atoms with Gasteiger partial charge in [-0.25, -0.2) is 4.98 Å². The summed E-state index contributed by atoms with van der Waals surface area (Å²) in [5.41, 5.74) is 1.25. The molecular formula is C13H21N3O. The molecule has 2 rings (SSSR count). The molecule has 0 aliphatic carbocycles. The maximum Gasteiger partial charge on any atom is 0.125 e. The van der Waals surface area contributed by atoms with E-state index in [0.29, 0.717) is 12.1 Å². The van der Waals surface area contributed by atoms with Crippen LogP contribution in [0.2, 0.25) is 0 Å². The zero-order valence-corrected chi connectivity index (χ0v) is 10.8. The third kappa shape index (κ3) is 2.96. The quantitative estimate of drug-likeness (QED) is 0.866. The molecule has 1 saturated heterocycles. The molecule has 0 amide bonds. The molecular weight excluding hydrogens is 214 g/mol. The van der Waals surface area contributed by atoms with E-state index in [2.05, 4.69) is 35.1 Å². The molecule has 0 saturated carbocycles. The molecule has 4 heteroatoms. The van der Waals surface area contributed by atoms with Crippen molar-refractivity contribution in [2.24, 2.45) is 0 Å². The molecule has 0 unspecified atom stereocenters. The van der Waals surface area contributed by atoms with Gasteiger partial charge in [-0.15, -0.1) is 0 Å². The van der Waals surface area contributed by atoms with Gasteiger partial charge in [0.1, 0.15) is 5.82 Å². The number of aromatic nitrogens is 1. The molecule has 1 N–H and O–H groups in total. The van der Waals surface area contributed by atoms with E-state index >= 15 is 0 Å². The van der Waals surface area contributed by atoms with E-state index in [9.17, 15) is 0 Å². The Bertz CT molecular complexity index is 342. The zero-order chi connectivity index (χ0) is 12.3. The van der Waals surface area contributed by atoms with Crippen LogP contribution in [0.4, 0.5) is 5.82 Å². The van der Waals surface area contributed by atoms with E-state index in [-0.39, 0.29) is 0 Å². The molecule has 1 aliphatic heterocycles. The van der Waals surface area contributed by atoms with Gasteiger partial charge in [0.2, 0.25) is 0 Å². The topological polar surface area (TPSA) is 37.4 Å². The molecule has 1 aromatic heterocycles. The van der Waals surface area contributed by atoms with E-state index in [1.807, 2.05) is 19.3 Å². The van der Waals surface area contributed by atoms with E-state index < -0.39 is 0 Å². The van der Waals surface area contributed by atoms with E-state index in [1.165, 1.54) is 5.56 Å². The summed E-state index contributed by atoms with van der Waals surface area (Å²) in [6.07, 6.45) is 1.95. The van der Waals surface area contributed by atoms with Crippen molar-refractivity contribution in [3.05, 3.63) is 23.9 Å². The van der Waals surface area contributed by atoms with Crippen LogP contribution in [0.5, 0.6) is 0 Å². The average Bonchev–Trinajstić information content (AvgIpc) is 2.35. The fraction of sp³-hybridized carbons (Fsp3) is 0.615. The Hall–Kier alpha value is -1.13. The number of morpholine rings is 1. The Morgan fingerprint density at radius 1 is 1.35 bits per heavy atom. The highest BCUT2D eigenvalue weighted by Gasteiger charge is 2.25. The molecule has 0 radical (unpaired) electrons. The zero-order valence-electron chi connectivity index (χ0n) is 10.8. The third-order valence-corrected chi connectivity index (χ3v) is 3.30. The fourth-order valence-electron chi connectivity index (χ4n) is 2.22. The summed E-state index contributed by atoms with van der Waals surface area (Å²) in [7, 11) is 1.88. The van der Waals surface area contributed by atoms with Gasteiger partial charge in [0.25, 0.3) is 0 Å². The van der Waals surface area contributed by atoms with Gasteiger partial charge in [-0.05, 0) is 25.5 Å². The molecule has 17 heavy (non-hydrogen) atoms. The van der Waals surface area contributed by atoms with Crippen molar-refractivity contribution in [1.82, 2.24) is 9.88 Å². The van der Waals surface area contributed by atoms with Crippen molar-refractivity contribution in [2.45, 2.75) is 32.5 Å². The highest BCUT2D eigenvalue weighted by molar-refractivity contribution is 5.34. The molecule has 0 bridgehead atoms. The van der Waals surface area contributed by atoms with Crippen LogP contribution in [-0.2, 0) is 11.3 Å². The molecule has 4 nitrogen and oxygen atoms in total. The first-order chi connectivity index (χ1) is 8.20. The molecule has 1 aliphatic rings. The lowest BCUT2D eigenvalue weighted by molar-refractivity contribution is -0.0409. The van der Waals surface area contributed by atoms with Gasteiger partial charge in [-0.2, -0.15) is 0 Å². The smallest absolute Gasteiger partial charge is 0.125 e. The first-order valence-corrected chi connectivity index (χ1v) is 6.17. The highest BCUT2D eigenvalue weighted by atomic mass is 16.5. The first kappa shape index (κ1) is 12.3. The monoisotopic (exact) mass is 235 g/mol. The summed E-state index contributed by atoms with van der Waals surface area (Å²) in [6.45, 7) is 7.03. The summed E-state index contributed by atoms with van der Waals surface area (Å²) < 4.78 is 5.53. The number of nitrogens with zero attached hydrogens (tertiary/aromatic N) is 2. The van der Waals surface area contributed by atoms with Crippen LogP contribution >= 0.6 is 0 Å². The largest absolute Gasteiger partial charge is 0.378 e. The normalized spacial score (nSPS) is 25.8. The van der Waals surface area contributed by atoms with Crippen molar-refractivity contribution < 1.29 is 4.74 Å². The fourth-order valence-corrected chi connectivity index (χ4v) is 2.22. The molecule has 1 aromatic rings. The predicted molar refractivity (Wildman–Crippen MR) is 69.1 cm³/mol. The Balaban J connectivity index is 2.03. The summed E-state index contributed by atoms with van der Waals surface area (Å²) in [4.78, 5) is 6.82. The lowest BCUT2D eigenvalue weighted by atomic mass is 10.1. The second-order valence-electron chi connectivity index (χ2n) is 4.71. The number of pyridine rings is 1. The minimum Gasteiger partial charge on any atom is -0.378 e. The standard InChI is InChI=1S/C13H21N3O/c1-10-8-17-9-11(2)16(10)7-12-4-5-13(14-3)15-6-12/h4-6,10-11H,7-9H2,1-3H3,(H,14,15)/t10-,11-/m0/s1. The molecule has 2 atom stereocenters. The first-order valence-electron chi connectivity index (χ1n) is 6.17. The Kier molecular flexibility index (Phi) is 3.97. The van der Waals surface area contributed by atoms with Gasteiger partial charge in [0.05, 0.1) is 13.2 Å². The summed E-state index contributed by atoms with van der Waals surface area (Å²) in [6, 6.07) is 5.10. The van der Waals surface area contributed by atoms with Crippen LogP contribution in [-0.4, -0.2) is 42.2 Å². The van der Waals surface area contributed by atoms with Gasteiger partial charge < -0.3 is 10.1 Å². The van der Waals surface area contributed by atoms with Gasteiger partial charge >= 0.3 is 0 Å². The van der Waals surface area contributed by atoms with Crippen LogP contribution in [0, 0.1) is 0 Å². The highest BCUT2D eigenvalue weighted by Crippen LogP contribution is 2.17.